The summed E-state index contributed by atoms with van der Waals surface area (Å²) in [5, 5.41) is 27.1. The van der Waals surface area contributed by atoms with E-state index in [1.165, 1.54) is 23.9 Å². The van der Waals surface area contributed by atoms with Gasteiger partial charge in [0.1, 0.15) is 23.9 Å². The maximum atomic E-state index is 13.3. The molecule has 12 heteroatoms. The lowest BCUT2D eigenvalue weighted by Gasteiger charge is -2.28. The number of hydrogen-bond acceptors (Lipinski definition) is 8. The summed E-state index contributed by atoms with van der Waals surface area (Å²) in [5.41, 5.74) is 12.1. The molecule has 38 heavy (non-hydrogen) atoms. The van der Waals surface area contributed by atoms with E-state index in [1.54, 1.807) is 12.1 Å². The Morgan fingerprint density at radius 3 is 2.13 bits per heavy atom. The Bertz CT molecular complexity index is 901. The number of carboxylic acid groups (broad SMARTS) is 1. The van der Waals surface area contributed by atoms with E-state index in [9.17, 15) is 29.4 Å². The lowest BCUT2D eigenvalue weighted by atomic mass is 9.97. The standard InChI is InChI=1S/C26H43N5O6S/c1-4-16(2)22(31-23(33)19(28)7-5-6-13-27)25(35)29-20(12-14-38-3)24(34)30-21(26(36)37)15-17-8-10-18(32)11-9-17/h8-11,16,19-22,32H,4-7,12-15,27-28H2,1-3H3,(H,29,35)(H,30,34)(H,31,33)(H,36,37). The summed E-state index contributed by atoms with van der Waals surface area (Å²) in [6.45, 7) is 4.21. The van der Waals surface area contributed by atoms with E-state index >= 15 is 0 Å². The Labute approximate surface area is 228 Å². The normalized spacial score (nSPS) is 15.0. The zero-order chi connectivity index (χ0) is 28.7. The maximum Gasteiger partial charge on any atom is 0.326 e. The van der Waals surface area contributed by atoms with Crippen molar-refractivity contribution in [3.8, 4) is 5.75 Å². The second-order valence-corrected chi connectivity index (χ2v) is 10.4. The smallest absolute Gasteiger partial charge is 0.326 e. The van der Waals surface area contributed by atoms with Crippen LogP contribution in [0.5, 0.6) is 5.75 Å². The molecule has 214 valence electrons. The first-order valence-electron chi connectivity index (χ1n) is 12.9. The molecule has 0 fully saturated rings. The average Bonchev–Trinajstić information content (AvgIpc) is 2.89. The van der Waals surface area contributed by atoms with Gasteiger partial charge in [0.25, 0.3) is 0 Å². The van der Waals surface area contributed by atoms with Crippen LogP contribution < -0.4 is 27.4 Å². The van der Waals surface area contributed by atoms with E-state index in [2.05, 4.69) is 16.0 Å². The van der Waals surface area contributed by atoms with Crippen molar-refractivity contribution >= 4 is 35.5 Å². The molecule has 1 aromatic carbocycles. The van der Waals surface area contributed by atoms with Gasteiger partial charge in [-0.3, -0.25) is 14.4 Å². The van der Waals surface area contributed by atoms with E-state index in [1.807, 2.05) is 20.1 Å². The average molecular weight is 554 g/mol. The summed E-state index contributed by atoms with van der Waals surface area (Å²) in [7, 11) is 0. The number of thioether (sulfide) groups is 1. The predicted octanol–water partition coefficient (Wildman–Crippen LogP) is 0.729. The number of benzene rings is 1. The van der Waals surface area contributed by atoms with Crippen LogP contribution in [0.2, 0.25) is 0 Å². The first kappa shape index (κ1) is 33.2. The predicted molar refractivity (Wildman–Crippen MR) is 149 cm³/mol. The minimum Gasteiger partial charge on any atom is -0.508 e. The first-order chi connectivity index (χ1) is 18.0. The number of phenolic OH excluding ortho intramolecular Hbond substituents is 1. The summed E-state index contributed by atoms with van der Waals surface area (Å²) < 4.78 is 0. The number of phenols is 1. The fraction of sp³-hybridized carbons (Fsp3) is 0.615. The first-order valence-corrected chi connectivity index (χ1v) is 14.3. The van der Waals surface area contributed by atoms with Crippen molar-refractivity contribution < 1.29 is 29.4 Å². The highest BCUT2D eigenvalue weighted by molar-refractivity contribution is 7.98. The number of carbonyl (C=O) groups is 4. The van der Waals surface area contributed by atoms with E-state index in [0.717, 1.165) is 6.42 Å². The van der Waals surface area contributed by atoms with Crippen LogP contribution in [-0.2, 0) is 25.6 Å². The molecule has 11 nitrogen and oxygen atoms in total. The van der Waals surface area contributed by atoms with Crippen LogP contribution in [0.15, 0.2) is 24.3 Å². The van der Waals surface area contributed by atoms with Gasteiger partial charge in [-0.1, -0.05) is 38.8 Å². The van der Waals surface area contributed by atoms with Gasteiger partial charge < -0.3 is 37.6 Å². The number of nitrogens with two attached hydrogens (primary N) is 2. The fourth-order valence-corrected chi connectivity index (χ4v) is 4.18. The van der Waals surface area contributed by atoms with E-state index in [0.29, 0.717) is 37.1 Å². The van der Waals surface area contributed by atoms with Crippen LogP contribution in [0, 0.1) is 5.92 Å². The van der Waals surface area contributed by atoms with Gasteiger partial charge in [-0.15, -0.1) is 0 Å². The molecule has 1 rings (SSSR count). The maximum absolute atomic E-state index is 13.3. The molecule has 0 aliphatic heterocycles. The van der Waals surface area contributed by atoms with Crippen LogP contribution >= 0.6 is 11.8 Å². The zero-order valence-corrected chi connectivity index (χ0v) is 23.3. The molecule has 0 aromatic heterocycles. The Morgan fingerprint density at radius 2 is 1.58 bits per heavy atom. The molecule has 5 atom stereocenters. The van der Waals surface area contributed by atoms with Gasteiger partial charge in [0, 0.05) is 6.42 Å². The highest BCUT2D eigenvalue weighted by Crippen LogP contribution is 2.13. The molecule has 0 heterocycles. The van der Waals surface area contributed by atoms with Crippen LogP contribution in [0.25, 0.3) is 0 Å². The molecule has 3 amide bonds. The van der Waals surface area contributed by atoms with E-state index in [4.69, 9.17) is 11.5 Å². The number of carbonyl (C=O) groups excluding carboxylic acids is 3. The molecule has 0 spiro atoms. The van der Waals surface area contributed by atoms with E-state index < -0.39 is 47.9 Å². The topological polar surface area (TPSA) is 197 Å². The third-order valence-electron chi connectivity index (χ3n) is 6.33. The SMILES string of the molecule is CCC(C)C(NC(=O)C(N)CCCCN)C(=O)NC(CCSC)C(=O)NC(Cc1ccc(O)cc1)C(=O)O. The van der Waals surface area contributed by atoms with Crippen LogP contribution in [0.1, 0.15) is 51.5 Å². The largest absolute Gasteiger partial charge is 0.508 e. The molecular formula is C26H43N5O6S. The quantitative estimate of drug-likeness (QED) is 0.128. The molecule has 0 aliphatic rings. The number of carboxylic acids is 1. The Morgan fingerprint density at radius 1 is 0.947 bits per heavy atom. The van der Waals surface area contributed by atoms with Gasteiger partial charge in [-0.2, -0.15) is 11.8 Å². The number of nitrogens with one attached hydrogen (secondary N) is 3. The summed E-state index contributed by atoms with van der Waals surface area (Å²) in [6, 6.07) is 2.08. The summed E-state index contributed by atoms with van der Waals surface area (Å²) in [6.07, 6.45) is 4.59. The summed E-state index contributed by atoms with van der Waals surface area (Å²) in [5.74, 6) is -2.49. The fourth-order valence-electron chi connectivity index (χ4n) is 3.71. The van der Waals surface area contributed by atoms with Crippen LogP contribution in [0.4, 0.5) is 0 Å². The number of hydrogen-bond donors (Lipinski definition) is 7. The van der Waals surface area contributed by atoms with Gasteiger partial charge in [-0.05, 0) is 61.4 Å². The minimum absolute atomic E-state index is 0.00184. The Hall–Kier alpha value is -2.83. The molecule has 0 saturated carbocycles. The van der Waals surface area contributed by atoms with Crippen molar-refractivity contribution in [2.45, 2.75) is 76.5 Å². The zero-order valence-electron chi connectivity index (χ0n) is 22.4. The second-order valence-electron chi connectivity index (χ2n) is 9.38. The van der Waals surface area contributed by atoms with Crippen molar-refractivity contribution in [3.05, 3.63) is 29.8 Å². The van der Waals surface area contributed by atoms with Gasteiger partial charge in [-0.25, -0.2) is 4.79 Å². The lowest BCUT2D eigenvalue weighted by molar-refractivity contribution is -0.142. The third-order valence-corrected chi connectivity index (χ3v) is 6.98. The summed E-state index contributed by atoms with van der Waals surface area (Å²) >= 11 is 1.48. The van der Waals surface area contributed by atoms with Crippen LogP contribution in [-0.4, -0.2) is 76.6 Å². The number of aromatic hydroxyl groups is 1. The summed E-state index contributed by atoms with van der Waals surface area (Å²) in [4.78, 5) is 50.9. The molecular weight excluding hydrogens is 510 g/mol. The van der Waals surface area contributed by atoms with Gasteiger partial charge >= 0.3 is 5.97 Å². The number of rotatable bonds is 18. The van der Waals surface area contributed by atoms with Gasteiger partial charge in [0.2, 0.25) is 17.7 Å². The monoisotopic (exact) mass is 553 g/mol. The van der Waals surface area contributed by atoms with Crippen molar-refractivity contribution in [1.82, 2.24) is 16.0 Å². The molecule has 0 saturated heterocycles. The third kappa shape index (κ3) is 11.7. The molecule has 0 aliphatic carbocycles. The molecule has 5 unspecified atom stereocenters. The van der Waals surface area contributed by atoms with Gasteiger partial charge in [0.05, 0.1) is 6.04 Å². The highest BCUT2D eigenvalue weighted by Gasteiger charge is 2.32. The van der Waals surface area contributed by atoms with Crippen molar-refractivity contribution in [3.63, 3.8) is 0 Å². The molecule has 0 bridgehead atoms. The Balaban J connectivity index is 2.97. The highest BCUT2D eigenvalue weighted by atomic mass is 32.2. The second kappa shape index (κ2) is 17.6. The van der Waals surface area contributed by atoms with Crippen molar-refractivity contribution in [2.24, 2.45) is 17.4 Å². The van der Waals surface area contributed by atoms with Gasteiger partial charge in [0.15, 0.2) is 0 Å². The lowest BCUT2D eigenvalue weighted by Crippen LogP contribution is -2.58. The van der Waals surface area contributed by atoms with Crippen LogP contribution in [0.3, 0.4) is 0 Å². The molecule has 0 radical (unpaired) electrons. The molecule has 1 aromatic rings. The number of aliphatic carboxylic acids is 1. The van der Waals surface area contributed by atoms with Crippen molar-refractivity contribution in [2.75, 3.05) is 18.6 Å². The molecule has 9 N–H and O–H groups in total. The van der Waals surface area contributed by atoms with Crippen molar-refractivity contribution in [1.29, 1.82) is 0 Å². The number of amides is 3. The number of unbranched alkanes of at least 4 members (excludes halogenated alkanes) is 1. The minimum atomic E-state index is -1.24. The Kier molecular flexibility index (Phi) is 15.4. The van der Waals surface area contributed by atoms with E-state index in [-0.39, 0.29) is 24.5 Å².